The molecule has 2 aromatic heterocycles. The summed E-state index contributed by atoms with van der Waals surface area (Å²) in [5, 5.41) is 6.96. The van der Waals surface area contributed by atoms with Crippen molar-refractivity contribution in [3.05, 3.63) is 35.9 Å². The van der Waals surface area contributed by atoms with Gasteiger partial charge in [0.25, 0.3) is 0 Å². The van der Waals surface area contributed by atoms with Crippen molar-refractivity contribution in [3.8, 4) is 0 Å². The lowest BCUT2D eigenvalue weighted by Gasteiger charge is -1.97. The Kier molecular flexibility index (Phi) is 2.04. The summed E-state index contributed by atoms with van der Waals surface area (Å²) in [5.74, 6) is 1.59. The van der Waals surface area contributed by atoms with Crippen LogP contribution in [0.3, 0.4) is 0 Å². The predicted octanol–water partition coefficient (Wildman–Crippen LogP) is 1.92. The van der Waals surface area contributed by atoms with E-state index >= 15 is 0 Å². The third-order valence-corrected chi connectivity index (χ3v) is 1.76. The molecule has 0 amide bonds. The van der Waals surface area contributed by atoms with Crippen LogP contribution in [0.5, 0.6) is 0 Å². The van der Waals surface area contributed by atoms with Gasteiger partial charge in [0.1, 0.15) is 5.76 Å². The number of nitrogens with zero attached hydrogens (tertiary/aromatic N) is 1. The summed E-state index contributed by atoms with van der Waals surface area (Å²) < 4.78 is 4.91. The number of hydrogen-bond acceptors (Lipinski definition) is 3. The molecule has 0 atom stereocenters. The highest BCUT2D eigenvalue weighted by atomic mass is 16.5. The maximum atomic E-state index is 4.91. The number of anilines is 1. The van der Waals surface area contributed by atoms with E-state index < -0.39 is 0 Å². The fourth-order valence-corrected chi connectivity index (χ4v) is 1.11. The van der Waals surface area contributed by atoms with E-state index in [1.807, 2.05) is 31.5 Å². The van der Waals surface area contributed by atoms with E-state index in [0.29, 0.717) is 0 Å². The van der Waals surface area contributed by atoms with Crippen molar-refractivity contribution in [3.63, 3.8) is 0 Å². The third-order valence-electron chi connectivity index (χ3n) is 1.76. The summed E-state index contributed by atoms with van der Waals surface area (Å²) in [6.07, 6.45) is 3.84. The fraction of sp³-hybridized carbons (Fsp3) is 0.222. The molecule has 0 radical (unpaired) electrons. The molecule has 68 valence electrons. The van der Waals surface area contributed by atoms with Gasteiger partial charge in [-0.05, 0) is 18.6 Å². The minimum atomic E-state index is 0.759. The van der Waals surface area contributed by atoms with Crippen LogP contribution in [0.15, 0.2) is 29.0 Å². The molecule has 0 bridgehead atoms. The summed E-state index contributed by atoms with van der Waals surface area (Å²) >= 11 is 0. The predicted molar refractivity (Wildman–Crippen MR) is 49.4 cm³/mol. The molecule has 0 fully saturated rings. The first-order valence-corrected chi connectivity index (χ1v) is 4.13. The first kappa shape index (κ1) is 7.91. The lowest BCUT2D eigenvalue weighted by atomic mass is 10.3. The Hall–Kier alpha value is -1.71. The lowest BCUT2D eigenvalue weighted by Crippen LogP contribution is -1.97. The molecule has 13 heavy (non-hydrogen) atoms. The van der Waals surface area contributed by atoms with E-state index in [0.717, 1.165) is 18.1 Å². The van der Waals surface area contributed by atoms with Crippen LogP contribution in [0, 0.1) is 6.92 Å². The maximum Gasteiger partial charge on any atom is 0.169 e. The number of hydrogen-bond donors (Lipinski definition) is 2. The van der Waals surface area contributed by atoms with Crippen molar-refractivity contribution in [2.75, 3.05) is 5.32 Å². The smallest absolute Gasteiger partial charge is 0.169 e. The SMILES string of the molecule is Cc1cc(NCc2cc[nH]c2)no1. The number of aromatic nitrogens is 2. The fourth-order valence-electron chi connectivity index (χ4n) is 1.11. The summed E-state index contributed by atoms with van der Waals surface area (Å²) in [4.78, 5) is 2.99. The molecule has 4 nitrogen and oxygen atoms in total. The average molecular weight is 177 g/mol. The number of rotatable bonds is 3. The lowest BCUT2D eigenvalue weighted by molar-refractivity contribution is 0.399. The van der Waals surface area contributed by atoms with Crippen LogP contribution < -0.4 is 5.32 Å². The molecule has 2 rings (SSSR count). The third kappa shape index (κ3) is 1.90. The minimum absolute atomic E-state index is 0.759. The molecule has 2 N–H and O–H groups in total. The second kappa shape index (κ2) is 3.35. The average Bonchev–Trinajstić information content (AvgIpc) is 2.71. The summed E-state index contributed by atoms with van der Waals surface area (Å²) in [6.45, 7) is 2.63. The van der Waals surface area contributed by atoms with Gasteiger partial charge in [0.15, 0.2) is 5.82 Å². The van der Waals surface area contributed by atoms with Crippen molar-refractivity contribution in [1.29, 1.82) is 0 Å². The first-order chi connectivity index (χ1) is 6.34. The Labute approximate surface area is 75.9 Å². The van der Waals surface area contributed by atoms with E-state index in [-0.39, 0.29) is 0 Å². The van der Waals surface area contributed by atoms with Gasteiger partial charge in [-0.25, -0.2) is 0 Å². The zero-order valence-corrected chi connectivity index (χ0v) is 7.37. The minimum Gasteiger partial charge on any atom is -0.367 e. The molecule has 0 aliphatic rings. The van der Waals surface area contributed by atoms with Crippen LogP contribution in [0.1, 0.15) is 11.3 Å². The maximum absolute atomic E-state index is 4.91. The molecule has 0 aliphatic carbocycles. The summed E-state index contributed by atoms with van der Waals surface area (Å²) in [7, 11) is 0. The van der Waals surface area contributed by atoms with Gasteiger partial charge in [-0.2, -0.15) is 0 Å². The Morgan fingerprint density at radius 1 is 1.62 bits per heavy atom. The van der Waals surface area contributed by atoms with Gasteiger partial charge < -0.3 is 14.8 Å². The molecular weight excluding hydrogens is 166 g/mol. The first-order valence-electron chi connectivity index (χ1n) is 4.13. The molecular formula is C9H11N3O. The Bertz CT molecular complexity index is 364. The van der Waals surface area contributed by atoms with Crippen molar-refractivity contribution in [2.45, 2.75) is 13.5 Å². The molecule has 0 aromatic carbocycles. The summed E-state index contributed by atoms with van der Waals surface area (Å²) in [6, 6.07) is 3.88. The van der Waals surface area contributed by atoms with E-state index in [1.165, 1.54) is 5.56 Å². The van der Waals surface area contributed by atoms with Gasteiger partial charge in [0.05, 0.1) is 0 Å². The van der Waals surface area contributed by atoms with Crippen molar-refractivity contribution in [1.82, 2.24) is 10.1 Å². The Morgan fingerprint density at radius 2 is 2.54 bits per heavy atom. The van der Waals surface area contributed by atoms with Gasteiger partial charge in [-0.3, -0.25) is 0 Å². The monoisotopic (exact) mass is 177 g/mol. The second-order valence-corrected chi connectivity index (χ2v) is 2.90. The second-order valence-electron chi connectivity index (χ2n) is 2.90. The molecule has 0 saturated heterocycles. The largest absolute Gasteiger partial charge is 0.367 e. The van der Waals surface area contributed by atoms with Gasteiger partial charge in [0, 0.05) is 25.0 Å². The van der Waals surface area contributed by atoms with E-state index in [9.17, 15) is 0 Å². The van der Waals surface area contributed by atoms with Crippen LogP contribution in [-0.4, -0.2) is 10.1 Å². The zero-order chi connectivity index (χ0) is 9.10. The van der Waals surface area contributed by atoms with Gasteiger partial charge in [0.2, 0.25) is 0 Å². The highest BCUT2D eigenvalue weighted by molar-refractivity contribution is 5.34. The van der Waals surface area contributed by atoms with E-state index in [4.69, 9.17) is 4.52 Å². The van der Waals surface area contributed by atoms with Crippen molar-refractivity contribution >= 4 is 5.82 Å². The van der Waals surface area contributed by atoms with Crippen LogP contribution in [0.25, 0.3) is 0 Å². The van der Waals surface area contributed by atoms with Crippen LogP contribution in [0.2, 0.25) is 0 Å². The van der Waals surface area contributed by atoms with Gasteiger partial charge in [-0.15, -0.1) is 0 Å². The van der Waals surface area contributed by atoms with Crippen LogP contribution in [0.4, 0.5) is 5.82 Å². The Balaban J connectivity index is 1.93. The van der Waals surface area contributed by atoms with Crippen LogP contribution in [-0.2, 0) is 6.54 Å². The Morgan fingerprint density at radius 3 is 3.15 bits per heavy atom. The topological polar surface area (TPSA) is 53.9 Å². The molecule has 0 unspecified atom stereocenters. The molecule has 4 heteroatoms. The van der Waals surface area contributed by atoms with Crippen molar-refractivity contribution < 1.29 is 4.52 Å². The molecule has 0 saturated carbocycles. The number of aryl methyl sites for hydroxylation is 1. The number of nitrogens with one attached hydrogen (secondary N) is 2. The summed E-state index contributed by atoms with van der Waals surface area (Å²) in [5.41, 5.74) is 1.20. The van der Waals surface area contributed by atoms with Crippen molar-refractivity contribution in [2.24, 2.45) is 0 Å². The van der Waals surface area contributed by atoms with E-state index in [2.05, 4.69) is 15.5 Å². The number of H-pyrrole nitrogens is 1. The molecule has 0 spiro atoms. The zero-order valence-electron chi connectivity index (χ0n) is 7.37. The van der Waals surface area contributed by atoms with Crippen LogP contribution >= 0.6 is 0 Å². The number of aromatic amines is 1. The normalized spacial score (nSPS) is 10.2. The molecule has 0 aliphatic heterocycles. The van der Waals surface area contributed by atoms with Gasteiger partial charge >= 0.3 is 0 Å². The molecule has 2 aromatic rings. The standard InChI is InChI=1S/C9H11N3O/c1-7-4-9(12-13-7)11-6-8-2-3-10-5-8/h2-5,10H,6H2,1H3,(H,11,12). The molecule has 2 heterocycles. The quantitative estimate of drug-likeness (QED) is 0.753. The highest BCUT2D eigenvalue weighted by Gasteiger charge is 1.98. The van der Waals surface area contributed by atoms with Gasteiger partial charge in [-0.1, -0.05) is 5.16 Å². The highest BCUT2D eigenvalue weighted by Crippen LogP contribution is 2.08. The van der Waals surface area contributed by atoms with E-state index in [1.54, 1.807) is 0 Å².